The summed E-state index contributed by atoms with van der Waals surface area (Å²) in [6, 6.07) is 14.2. The van der Waals surface area contributed by atoms with Crippen LogP contribution in [0.15, 0.2) is 53.6 Å². The van der Waals surface area contributed by atoms with Crippen LogP contribution in [0.2, 0.25) is 0 Å². The molecule has 0 spiro atoms. The fourth-order valence-corrected chi connectivity index (χ4v) is 4.18. The van der Waals surface area contributed by atoms with Crippen molar-refractivity contribution in [2.75, 3.05) is 18.8 Å². The number of carbonyl (C=O) groups is 1. The van der Waals surface area contributed by atoms with Gasteiger partial charge in [0.05, 0.1) is 11.3 Å². The number of amides is 1. The minimum Gasteiger partial charge on any atom is -0.342 e. The van der Waals surface area contributed by atoms with Crippen LogP contribution in [0.3, 0.4) is 0 Å². The molecule has 4 nitrogen and oxygen atoms in total. The van der Waals surface area contributed by atoms with Gasteiger partial charge in [-0.2, -0.15) is 0 Å². The number of hydrogen-bond acceptors (Lipinski definition) is 4. The van der Waals surface area contributed by atoms with E-state index in [1.807, 2.05) is 35.2 Å². The molecule has 0 atom stereocenters. The molecule has 0 bridgehead atoms. The van der Waals surface area contributed by atoms with Crippen molar-refractivity contribution in [1.29, 1.82) is 0 Å². The van der Waals surface area contributed by atoms with E-state index in [1.54, 1.807) is 6.07 Å². The lowest BCUT2D eigenvalue weighted by atomic mass is 10.1. The maximum atomic E-state index is 13.8. The standard InChI is InChI=1S/C21H20FN3OS/c22-16-9-10-18-17(13-16)21(24-20(23-18)15-7-3-1-4-8-15)27-14-19(26)25-11-5-2-6-12-25/h1,3-4,7-10,13H,2,5-6,11-12,14H2. The van der Waals surface area contributed by atoms with E-state index in [9.17, 15) is 9.18 Å². The first-order valence-corrected chi connectivity index (χ1v) is 10.1. The molecule has 3 aromatic rings. The van der Waals surface area contributed by atoms with Crippen molar-refractivity contribution in [3.63, 3.8) is 0 Å². The van der Waals surface area contributed by atoms with Crippen LogP contribution in [-0.2, 0) is 4.79 Å². The second-order valence-electron chi connectivity index (χ2n) is 6.61. The molecule has 2 heterocycles. The number of carbonyl (C=O) groups excluding carboxylic acids is 1. The molecule has 0 radical (unpaired) electrons. The van der Waals surface area contributed by atoms with Crippen molar-refractivity contribution in [3.8, 4) is 11.4 Å². The Labute approximate surface area is 161 Å². The van der Waals surface area contributed by atoms with Gasteiger partial charge in [0.25, 0.3) is 0 Å². The number of fused-ring (bicyclic) bond motifs is 1. The zero-order valence-electron chi connectivity index (χ0n) is 14.9. The number of rotatable bonds is 4. The largest absolute Gasteiger partial charge is 0.342 e. The number of benzene rings is 2. The highest BCUT2D eigenvalue weighted by atomic mass is 32.2. The Hall–Kier alpha value is -2.47. The highest BCUT2D eigenvalue weighted by Crippen LogP contribution is 2.29. The van der Waals surface area contributed by atoms with Crippen molar-refractivity contribution in [3.05, 3.63) is 54.3 Å². The molecule has 0 saturated carbocycles. The number of aromatic nitrogens is 2. The van der Waals surface area contributed by atoms with Crippen LogP contribution in [0, 0.1) is 5.82 Å². The number of thioether (sulfide) groups is 1. The highest BCUT2D eigenvalue weighted by Gasteiger charge is 2.18. The molecule has 138 valence electrons. The van der Waals surface area contributed by atoms with Gasteiger partial charge in [-0.15, -0.1) is 0 Å². The second-order valence-corrected chi connectivity index (χ2v) is 7.57. The third kappa shape index (κ3) is 4.11. The van der Waals surface area contributed by atoms with Gasteiger partial charge in [-0.25, -0.2) is 14.4 Å². The van der Waals surface area contributed by atoms with E-state index in [0.29, 0.717) is 27.5 Å². The highest BCUT2D eigenvalue weighted by molar-refractivity contribution is 8.00. The van der Waals surface area contributed by atoms with Crippen molar-refractivity contribution in [2.45, 2.75) is 24.3 Å². The predicted octanol–water partition coefficient (Wildman–Crippen LogP) is 4.54. The van der Waals surface area contributed by atoms with E-state index >= 15 is 0 Å². The van der Waals surface area contributed by atoms with Crippen LogP contribution in [0.1, 0.15) is 19.3 Å². The average Bonchev–Trinajstić information content (AvgIpc) is 2.73. The van der Waals surface area contributed by atoms with Gasteiger partial charge >= 0.3 is 0 Å². The topological polar surface area (TPSA) is 46.1 Å². The minimum absolute atomic E-state index is 0.115. The quantitative estimate of drug-likeness (QED) is 0.492. The fraction of sp³-hybridized carbons (Fsp3) is 0.286. The fourth-order valence-electron chi connectivity index (χ4n) is 3.26. The van der Waals surface area contributed by atoms with Crippen LogP contribution in [0.5, 0.6) is 0 Å². The van der Waals surface area contributed by atoms with Gasteiger partial charge < -0.3 is 4.90 Å². The van der Waals surface area contributed by atoms with Crippen molar-refractivity contribution in [2.24, 2.45) is 0 Å². The average molecular weight is 381 g/mol. The molecule has 2 aromatic carbocycles. The van der Waals surface area contributed by atoms with E-state index in [0.717, 1.165) is 31.5 Å². The lowest BCUT2D eigenvalue weighted by Crippen LogP contribution is -2.36. The van der Waals surface area contributed by atoms with Crippen molar-refractivity contribution >= 4 is 28.6 Å². The van der Waals surface area contributed by atoms with Crippen molar-refractivity contribution in [1.82, 2.24) is 14.9 Å². The maximum absolute atomic E-state index is 13.8. The molecule has 1 aliphatic rings. The number of piperidine rings is 1. The van der Waals surface area contributed by atoms with Gasteiger partial charge in [0.15, 0.2) is 5.82 Å². The molecule has 1 aliphatic heterocycles. The zero-order chi connectivity index (χ0) is 18.6. The van der Waals surface area contributed by atoms with Gasteiger partial charge in [-0.1, -0.05) is 42.1 Å². The summed E-state index contributed by atoms with van der Waals surface area (Å²) >= 11 is 1.36. The Morgan fingerprint density at radius 3 is 2.59 bits per heavy atom. The third-order valence-electron chi connectivity index (χ3n) is 4.70. The lowest BCUT2D eigenvalue weighted by Gasteiger charge is -2.26. The minimum atomic E-state index is -0.331. The Balaban J connectivity index is 1.65. The molecule has 1 fully saturated rings. The normalized spacial score (nSPS) is 14.5. The zero-order valence-corrected chi connectivity index (χ0v) is 15.7. The Bertz CT molecular complexity index is 958. The van der Waals surface area contributed by atoms with Crippen LogP contribution < -0.4 is 0 Å². The summed E-state index contributed by atoms with van der Waals surface area (Å²) in [6.45, 7) is 1.65. The van der Waals surface area contributed by atoms with Crippen LogP contribution in [-0.4, -0.2) is 39.6 Å². The van der Waals surface area contributed by atoms with E-state index in [4.69, 9.17) is 0 Å². The summed E-state index contributed by atoms with van der Waals surface area (Å²) in [4.78, 5) is 23.7. The van der Waals surface area contributed by atoms with Crippen LogP contribution in [0.25, 0.3) is 22.3 Å². The summed E-state index contributed by atoms with van der Waals surface area (Å²) in [5.41, 5.74) is 1.58. The maximum Gasteiger partial charge on any atom is 0.232 e. The van der Waals surface area contributed by atoms with E-state index in [-0.39, 0.29) is 11.7 Å². The molecule has 1 aromatic heterocycles. The molecular weight excluding hydrogens is 361 g/mol. The van der Waals surface area contributed by atoms with E-state index in [2.05, 4.69) is 9.97 Å². The summed E-state index contributed by atoms with van der Waals surface area (Å²) in [5.74, 6) is 0.672. The Morgan fingerprint density at radius 2 is 1.81 bits per heavy atom. The molecule has 1 saturated heterocycles. The predicted molar refractivity (Wildman–Crippen MR) is 106 cm³/mol. The second kappa shape index (κ2) is 8.05. The first-order chi connectivity index (χ1) is 13.2. The van der Waals surface area contributed by atoms with Crippen LogP contribution >= 0.6 is 11.8 Å². The summed E-state index contributed by atoms with van der Waals surface area (Å²) in [7, 11) is 0. The molecular formula is C21H20FN3OS. The SMILES string of the molecule is O=C(CSc1nc(-c2ccccc2)nc2ccc(F)cc12)N1CCCCC1. The number of hydrogen-bond donors (Lipinski definition) is 0. The molecule has 0 unspecified atom stereocenters. The third-order valence-corrected chi connectivity index (χ3v) is 5.67. The lowest BCUT2D eigenvalue weighted by molar-refractivity contribution is -0.129. The van der Waals surface area contributed by atoms with Gasteiger partial charge in [0.1, 0.15) is 10.8 Å². The molecule has 1 amide bonds. The van der Waals surface area contributed by atoms with Gasteiger partial charge in [0.2, 0.25) is 5.91 Å². The molecule has 4 rings (SSSR count). The van der Waals surface area contributed by atoms with Gasteiger partial charge in [-0.05, 0) is 37.5 Å². The number of nitrogens with zero attached hydrogens (tertiary/aromatic N) is 3. The molecule has 27 heavy (non-hydrogen) atoms. The van der Waals surface area contributed by atoms with Crippen molar-refractivity contribution < 1.29 is 9.18 Å². The van der Waals surface area contributed by atoms with E-state index < -0.39 is 0 Å². The number of likely N-dealkylation sites (tertiary alicyclic amines) is 1. The Kier molecular flexibility index (Phi) is 5.34. The van der Waals surface area contributed by atoms with Gasteiger partial charge in [-0.3, -0.25) is 4.79 Å². The summed E-state index contributed by atoms with van der Waals surface area (Å²) in [5, 5.41) is 1.29. The molecule has 6 heteroatoms. The Morgan fingerprint density at radius 1 is 1.04 bits per heavy atom. The van der Waals surface area contributed by atoms with Gasteiger partial charge in [0, 0.05) is 24.0 Å². The van der Waals surface area contributed by atoms with E-state index in [1.165, 1.54) is 30.3 Å². The smallest absolute Gasteiger partial charge is 0.232 e. The number of halogens is 1. The summed E-state index contributed by atoms with van der Waals surface area (Å²) < 4.78 is 13.8. The monoisotopic (exact) mass is 381 g/mol. The first-order valence-electron chi connectivity index (χ1n) is 9.14. The summed E-state index contributed by atoms with van der Waals surface area (Å²) in [6.07, 6.45) is 3.32. The first kappa shape index (κ1) is 17.9. The van der Waals surface area contributed by atoms with Crippen LogP contribution in [0.4, 0.5) is 4.39 Å². The molecule has 0 N–H and O–H groups in total. The molecule has 0 aliphatic carbocycles.